The number of carbonyl (C=O) groups is 1. The minimum absolute atomic E-state index is 0.0537. The Morgan fingerprint density at radius 3 is 2.81 bits per heavy atom. The molecule has 2 rings (SSSR count). The molecule has 16 heavy (non-hydrogen) atoms. The fourth-order valence-electron chi connectivity index (χ4n) is 1.49. The lowest BCUT2D eigenvalue weighted by Gasteiger charge is -2.09. The standard InChI is InChI=1S/C11H13FN2O2/c12-8-4-9(13)7(11(15)16)3-10(8)14-5-6-1-2-6/h3-4,6,14H,1-2,5,13H2,(H,15,16). The predicted molar refractivity (Wildman–Crippen MR) is 59.0 cm³/mol. The average Bonchev–Trinajstić information content (AvgIpc) is 2.99. The monoisotopic (exact) mass is 224 g/mol. The van der Waals surface area contributed by atoms with Gasteiger partial charge in [-0.15, -0.1) is 0 Å². The average molecular weight is 224 g/mol. The second-order valence-corrected chi connectivity index (χ2v) is 4.05. The van der Waals surface area contributed by atoms with Crippen molar-refractivity contribution in [2.45, 2.75) is 12.8 Å². The van der Waals surface area contributed by atoms with Gasteiger partial charge in [0.25, 0.3) is 0 Å². The van der Waals surface area contributed by atoms with Gasteiger partial charge in [-0.25, -0.2) is 9.18 Å². The smallest absolute Gasteiger partial charge is 0.337 e. The molecule has 0 bridgehead atoms. The molecule has 1 aromatic carbocycles. The van der Waals surface area contributed by atoms with E-state index in [1.807, 2.05) is 0 Å². The van der Waals surface area contributed by atoms with Crippen molar-refractivity contribution in [1.29, 1.82) is 0 Å². The lowest BCUT2D eigenvalue weighted by atomic mass is 10.1. The SMILES string of the molecule is Nc1cc(F)c(NCC2CC2)cc1C(=O)O. The lowest BCUT2D eigenvalue weighted by Crippen LogP contribution is -2.09. The molecule has 1 aromatic rings. The van der Waals surface area contributed by atoms with Crippen molar-refractivity contribution in [2.75, 3.05) is 17.6 Å². The van der Waals surface area contributed by atoms with Gasteiger partial charge in [0.15, 0.2) is 0 Å². The van der Waals surface area contributed by atoms with E-state index in [-0.39, 0.29) is 16.9 Å². The number of nitrogens with one attached hydrogen (secondary N) is 1. The fraction of sp³-hybridized carbons (Fsp3) is 0.364. The van der Waals surface area contributed by atoms with Crippen LogP contribution in [0, 0.1) is 11.7 Å². The Hall–Kier alpha value is -1.78. The summed E-state index contributed by atoms with van der Waals surface area (Å²) >= 11 is 0. The molecule has 0 aromatic heterocycles. The first kappa shape index (κ1) is 10.7. The molecule has 0 spiro atoms. The second kappa shape index (κ2) is 4.00. The number of carboxylic acids is 1. The van der Waals surface area contributed by atoms with Crippen molar-refractivity contribution >= 4 is 17.3 Å². The molecular weight excluding hydrogens is 211 g/mol. The molecular formula is C11H13FN2O2. The van der Waals surface area contributed by atoms with Crippen LogP contribution in [0.15, 0.2) is 12.1 Å². The molecule has 1 fully saturated rings. The number of anilines is 2. The van der Waals surface area contributed by atoms with Crippen LogP contribution in [0.25, 0.3) is 0 Å². The molecule has 0 unspecified atom stereocenters. The van der Waals surface area contributed by atoms with E-state index in [0.717, 1.165) is 18.9 Å². The van der Waals surface area contributed by atoms with E-state index in [1.165, 1.54) is 6.07 Å². The summed E-state index contributed by atoms with van der Waals surface area (Å²) in [6.07, 6.45) is 2.30. The summed E-state index contributed by atoms with van der Waals surface area (Å²) in [7, 11) is 0. The van der Waals surface area contributed by atoms with Crippen molar-refractivity contribution in [1.82, 2.24) is 0 Å². The lowest BCUT2D eigenvalue weighted by molar-refractivity contribution is 0.0698. The number of nitrogen functional groups attached to an aromatic ring is 1. The highest BCUT2D eigenvalue weighted by Gasteiger charge is 2.21. The number of rotatable bonds is 4. The Bertz CT molecular complexity index is 430. The number of benzene rings is 1. The first-order chi connectivity index (χ1) is 7.58. The molecule has 0 amide bonds. The number of aromatic carboxylic acids is 1. The van der Waals surface area contributed by atoms with Gasteiger partial charge in [0.05, 0.1) is 11.3 Å². The van der Waals surface area contributed by atoms with Gasteiger partial charge in [0.2, 0.25) is 0 Å². The third-order valence-electron chi connectivity index (χ3n) is 2.65. The van der Waals surface area contributed by atoms with E-state index >= 15 is 0 Å². The number of hydrogen-bond donors (Lipinski definition) is 3. The van der Waals surface area contributed by atoms with E-state index in [0.29, 0.717) is 12.5 Å². The summed E-state index contributed by atoms with van der Waals surface area (Å²) in [5, 5.41) is 11.7. The Morgan fingerprint density at radius 1 is 1.56 bits per heavy atom. The number of hydrogen-bond acceptors (Lipinski definition) is 3. The molecule has 0 aliphatic heterocycles. The van der Waals surface area contributed by atoms with Crippen LogP contribution in [0.3, 0.4) is 0 Å². The van der Waals surface area contributed by atoms with E-state index in [1.54, 1.807) is 0 Å². The molecule has 0 heterocycles. The van der Waals surface area contributed by atoms with Crippen molar-refractivity contribution in [2.24, 2.45) is 5.92 Å². The Kier molecular flexibility index (Phi) is 2.68. The first-order valence-corrected chi connectivity index (χ1v) is 5.14. The molecule has 0 radical (unpaired) electrons. The topological polar surface area (TPSA) is 75.3 Å². The van der Waals surface area contributed by atoms with Crippen LogP contribution in [0.2, 0.25) is 0 Å². The number of carboxylic acid groups (broad SMARTS) is 1. The maximum absolute atomic E-state index is 13.4. The van der Waals surface area contributed by atoms with Gasteiger partial charge in [-0.05, 0) is 30.9 Å². The first-order valence-electron chi connectivity index (χ1n) is 5.14. The van der Waals surface area contributed by atoms with Crippen LogP contribution in [-0.2, 0) is 0 Å². The van der Waals surface area contributed by atoms with Gasteiger partial charge in [0, 0.05) is 12.2 Å². The molecule has 5 heteroatoms. The van der Waals surface area contributed by atoms with Crippen molar-refractivity contribution in [3.63, 3.8) is 0 Å². The van der Waals surface area contributed by atoms with Gasteiger partial charge < -0.3 is 16.2 Å². The zero-order valence-electron chi connectivity index (χ0n) is 8.66. The number of halogens is 1. The van der Waals surface area contributed by atoms with Crippen LogP contribution in [0.4, 0.5) is 15.8 Å². The minimum Gasteiger partial charge on any atom is -0.478 e. The summed E-state index contributed by atoms with van der Waals surface area (Å²) in [6.45, 7) is 0.680. The zero-order chi connectivity index (χ0) is 11.7. The van der Waals surface area contributed by atoms with Crippen molar-refractivity contribution in [3.8, 4) is 0 Å². The molecule has 0 saturated heterocycles. The van der Waals surface area contributed by atoms with Gasteiger partial charge in [-0.3, -0.25) is 0 Å². The van der Waals surface area contributed by atoms with E-state index < -0.39 is 11.8 Å². The van der Waals surface area contributed by atoms with Crippen LogP contribution in [0.5, 0.6) is 0 Å². The zero-order valence-corrected chi connectivity index (χ0v) is 8.66. The highest BCUT2D eigenvalue weighted by Crippen LogP contribution is 2.30. The summed E-state index contributed by atoms with van der Waals surface area (Å²) < 4.78 is 13.4. The highest BCUT2D eigenvalue weighted by atomic mass is 19.1. The summed E-state index contributed by atoms with van der Waals surface area (Å²) in [5.41, 5.74) is 5.49. The van der Waals surface area contributed by atoms with E-state index in [2.05, 4.69) is 5.32 Å². The van der Waals surface area contributed by atoms with E-state index in [9.17, 15) is 9.18 Å². The van der Waals surface area contributed by atoms with Crippen LogP contribution < -0.4 is 11.1 Å². The molecule has 1 aliphatic carbocycles. The third kappa shape index (κ3) is 2.24. The Morgan fingerprint density at radius 2 is 2.25 bits per heavy atom. The molecule has 86 valence electrons. The summed E-state index contributed by atoms with van der Waals surface area (Å²) in [6, 6.07) is 2.29. The second-order valence-electron chi connectivity index (χ2n) is 4.05. The predicted octanol–water partition coefficient (Wildman–Crippen LogP) is 1.93. The van der Waals surface area contributed by atoms with E-state index in [4.69, 9.17) is 10.8 Å². The maximum Gasteiger partial charge on any atom is 0.337 e. The Balaban J connectivity index is 2.21. The third-order valence-corrected chi connectivity index (χ3v) is 2.65. The van der Waals surface area contributed by atoms with Crippen LogP contribution >= 0.6 is 0 Å². The molecule has 4 nitrogen and oxygen atoms in total. The molecule has 0 atom stereocenters. The molecule has 1 aliphatic rings. The van der Waals surface area contributed by atoms with Crippen molar-refractivity contribution < 1.29 is 14.3 Å². The van der Waals surface area contributed by atoms with Crippen LogP contribution in [-0.4, -0.2) is 17.6 Å². The van der Waals surface area contributed by atoms with Gasteiger partial charge in [-0.2, -0.15) is 0 Å². The van der Waals surface area contributed by atoms with Crippen molar-refractivity contribution in [3.05, 3.63) is 23.5 Å². The largest absolute Gasteiger partial charge is 0.478 e. The fourth-order valence-corrected chi connectivity index (χ4v) is 1.49. The normalized spacial score (nSPS) is 14.8. The number of nitrogens with two attached hydrogens (primary N) is 1. The quantitative estimate of drug-likeness (QED) is 0.683. The molecule has 1 saturated carbocycles. The summed E-state index contributed by atoms with van der Waals surface area (Å²) in [5.74, 6) is -1.07. The maximum atomic E-state index is 13.4. The minimum atomic E-state index is -1.15. The molecule has 4 N–H and O–H groups in total. The van der Waals surface area contributed by atoms with Gasteiger partial charge in [-0.1, -0.05) is 0 Å². The Labute approximate surface area is 92.3 Å². The van der Waals surface area contributed by atoms with Gasteiger partial charge >= 0.3 is 5.97 Å². The van der Waals surface area contributed by atoms with Gasteiger partial charge in [0.1, 0.15) is 5.82 Å². The van der Waals surface area contributed by atoms with Crippen LogP contribution in [0.1, 0.15) is 23.2 Å². The summed E-state index contributed by atoms with van der Waals surface area (Å²) in [4.78, 5) is 10.8. The highest BCUT2D eigenvalue weighted by molar-refractivity contribution is 5.94.